The molecule has 0 aliphatic rings. The summed E-state index contributed by atoms with van der Waals surface area (Å²) in [7, 11) is 0. The van der Waals surface area contributed by atoms with Crippen molar-refractivity contribution in [3.63, 3.8) is 0 Å². The third-order valence-electron chi connectivity index (χ3n) is 1.97. The lowest BCUT2D eigenvalue weighted by Gasteiger charge is -2.07. The Bertz CT molecular complexity index is 514. The van der Waals surface area contributed by atoms with Crippen LogP contribution in [0, 0.1) is 22.0 Å². The number of aliphatic hydroxyl groups is 1. The van der Waals surface area contributed by atoms with Gasteiger partial charge in [-0.1, -0.05) is 11.8 Å². The normalized spacial score (nSPS) is 10.7. The second-order valence-corrected chi connectivity index (χ2v) is 3.26. The number of rotatable bonds is 2. The van der Waals surface area contributed by atoms with Crippen LogP contribution >= 0.6 is 0 Å². The molecule has 7 heteroatoms. The Labute approximate surface area is 100 Å². The molecule has 0 amide bonds. The number of hydrogen-bond acceptors (Lipinski definition) is 3. The molecule has 0 aliphatic heterocycles. The average Bonchev–Trinajstić information content (AvgIpc) is 2.27. The number of aliphatic hydroxyl groups excluding tert-OH is 1. The van der Waals surface area contributed by atoms with Crippen molar-refractivity contribution < 1.29 is 23.2 Å². The van der Waals surface area contributed by atoms with Gasteiger partial charge in [-0.05, 0) is 12.1 Å². The predicted octanol–water partition coefficient (Wildman–Crippen LogP) is 2.35. The highest BCUT2D eigenvalue weighted by Crippen LogP contribution is 2.36. The number of hydrogen-bond donors (Lipinski definition) is 1. The zero-order chi connectivity index (χ0) is 13.8. The van der Waals surface area contributed by atoms with Gasteiger partial charge in [0.15, 0.2) is 0 Å². The number of nitro benzene ring substituents is 1. The molecule has 0 fully saturated rings. The van der Waals surface area contributed by atoms with E-state index in [-0.39, 0.29) is 18.6 Å². The lowest BCUT2D eigenvalue weighted by atomic mass is 10.1. The second kappa shape index (κ2) is 5.51. The van der Waals surface area contributed by atoms with Gasteiger partial charge in [0.1, 0.15) is 5.56 Å². The molecule has 0 unspecified atom stereocenters. The summed E-state index contributed by atoms with van der Waals surface area (Å²) in [6.07, 6.45) is -4.63. The Morgan fingerprint density at radius 3 is 2.56 bits per heavy atom. The van der Waals surface area contributed by atoms with E-state index in [0.717, 1.165) is 12.1 Å². The van der Waals surface area contributed by atoms with E-state index in [1.54, 1.807) is 0 Å². The van der Waals surface area contributed by atoms with Crippen molar-refractivity contribution in [3.05, 3.63) is 39.4 Å². The zero-order valence-electron chi connectivity index (χ0n) is 8.99. The summed E-state index contributed by atoms with van der Waals surface area (Å²) >= 11 is 0. The van der Waals surface area contributed by atoms with Gasteiger partial charge in [0.05, 0.1) is 11.5 Å². The van der Waals surface area contributed by atoms with Gasteiger partial charge in [-0.15, -0.1) is 0 Å². The van der Waals surface area contributed by atoms with Crippen LogP contribution in [0.15, 0.2) is 18.2 Å². The van der Waals surface area contributed by atoms with Gasteiger partial charge in [0, 0.05) is 18.1 Å². The molecular formula is C11H8F3NO3. The molecule has 0 radical (unpaired) electrons. The Balaban J connectivity index is 3.21. The smallest absolute Gasteiger partial charge is 0.395 e. The first-order valence-electron chi connectivity index (χ1n) is 4.81. The molecule has 1 N–H and O–H groups in total. The number of alkyl halides is 3. The van der Waals surface area contributed by atoms with Crippen LogP contribution in [0.5, 0.6) is 0 Å². The van der Waals surface area contributed by atoms with E-state index in [9.17, 15) is 23.3 Å². The molecule has 1 rings (SSSR count). The Hall–Kier alpha value is -2.07. The third kappa shape index (κ3) is 3.46. The van der Waals surface area contributed by atoms with Crippen LogP contribution in [0.25, 0.3) is 0 Å². The first kappa shape index (κ1) is 14.0. The largest absolute Gasteiger partial charge is 0.422 e. The molecule has 4 nitrogen and oxygen atoms in total. The fourth-order valence-corrected chi connectivity index (χ4v) is 1.22. The molecule has 18 heavy (non-hydrogen) atoms. The number of halogens is 3. The van der Waals surface area contributed by atoms with Gasteiger partial charge in [-0.3, -0.25) is 10.1 Å². The summed E-state index contributed by atoms with van der Waals surface area (Å²) in [6, 6.07) is 2.45. The first-order valence-corrected chi connectivity index (χ1v) is 4.81. The van der Waals surface area contributed by atoms with Crippen LogP contribution < -0.4 is 0 Å². The minimum Gasteiger partial charge on any atom is -0.395 e. The van der Waals surface area contributed by atoms with Gasteiger partial charge < -0.3 is 5.11 Å². The van der Waals surface area contributed by atoms with E-state index in [0.29, 0.717) is 6.07 Å². The van der Waals surface area contributed by atoms with Gasteiger partial charge >= 0.3 is 6.18 Å². The van der Waals surface area contributed by atoms with Crippen molar-refractivity contribution in [1.82, 2.24) is 0 Å². The standard InChI is InChI=1S/C11H8F3NO3/c12-11(13,14)9-5-4-8(3-1-2-6-16)7-10(9)15(17)18/h4-5,7,16H,2,6H2. The fourth-order valence-electron chi connectivity index (χ4n) is 1.22. The summed E-state index contributed by atoms with van der Waals surface area (Å²) < 4.78 is 37.4. The lowest BCUT2D eigenvalue weighted by molar-refractivity contribution is -0.388. The quantitative estimate of drug-likeness (QED) is 0.503. The summed E-state index contributed by atoms with van der Waals surface area (Å²) in [6.45, 7) is -0.185. The molecule has 0 aliphatic carbocycles. The van der Waals surface area contributed by atoms with E-state index in [4.69, 9.17) is 5.11 Å². The Morgan fingerprint density at radius 1 is 1.39 bits per heavy atom. The average molecular weight is 259 g/mol. The van der Waals surface area contributed by atoms with E-state index in [1.165, 1.54) is 0 Å². The van der Waals surface area contributed by atoms with Crippen LogP contribution in [0.1, 0.15) is 17.5 Å². The molecule has 0 atom stereocenters. The monoisotopic (exact) mass is 259 g/mol. The first-order chi connectivity index (χ1) is 8.36. The van der Waals surface area contributed by atoms with Crippen LogP contribution in [0.4, 0.5) is 18.9 Å². The molecule has 0 heterocycles. The number of nitro groups is 1. The van der Waals surface area contributed by atoms with Gasteiger partial charge in [0.2, 0.25) is 0 Å². The summed E-state index contributed by atoms with van der Waals surface area (Å²) in [5.41, 5.74) is -2.23. The summed E-state index contributed by atoms with van der Waals surface area (Å²) in [5, 5.41) is 19.0. The maximum absolute atomic E-state index is 12.5. The van der Waals surface area contributed by atoms with Crippen molar-refractivity contribution in [1.29, 1.82) is 0 Å². The lowest BCUT2D eigenvalue weighted by Crippen LogP contribution is -2.08. The molecule has 0 saturated carbocycles. The summed E-state index contributed by atoms with van der Waals surface area (Å²) in [5.74, 6) is 4.91. The van der Waals surface area contributed by atoms with Crippen LogP contribution in [0.2, 0.25) is 0 Å². The highest BCUT2D eigenvalue weighted by molar-refractivity contribution is 5.50. The molecule has 0 aromatic heterocycles. The molecule has 0 saturated heterocycles. The summed E-state index contributed by atoms with van der Waals surface area (Å²) in [4.78, 5) is 9.47. The Kier molecular flexibility index (Phi) is 4.28. The zero-order valence-corrected chi connectivity index (χ0v) is 8.99. The van der Waals surface area contributed by atoms with Gasteiger partial charge in [-0.25, -0.2) is 0 Å². The van der Waals surface area contributed by atoms with Crippen molar-refractivity contribution in [2.75, 3.05) is 6.61 Å². The van der Waals surface area contributed by atoms with E-state index >= 15 is 0 Å². The molecular weight excluding hydrogens is 251 g/mol. The second-order valence-electron chi connectivity index (χ2n) is 3.26. The minimum atomic E-state index is -4.78. The maximum Gasteiger partial charge on any atom is 0.422 e. The molecule has 96 valence electrons. The SMILES string of the molecule is O=[N+]([O-])c1cc(C#CCCO)ccc1C(F)(F)F. The van der Waals surface area contributed by atoms with Gasteiger partial charge in [-0.2, -0.15) is 13.2 Å². The molecule has 0 bridgehead atoms. The topological polar surface area (TPSA) is 63.4 Å². The minimum absolute atomic E-state index is 0.100. The van der Waals surface area contributed by atoms with Crippen LogP contribution in [0.3, 0.4) is 0 Å². The number of nitrogens with zero attached hydrogens (tertiary/aromatic N) is 1. The molecule has 0 spiro atoms. The van der Waals surface area contributed by atoms with Crippen LogP contribution in [-0.2, 0) is 6.18 Å². The van der Waals surface area contributed by atoms with E-state index in [2.05, 4.69) is 11.8 Å². The third-order valence-corrected chi connectivity index (χ3v) is 1.97. The van der Waals surface area contributed by atoms with Crippen molar-refractivity contribution in [2.45, 2.75) is 12.6 Å². The van der Waals surface area contributed by atoms with E-state index < -0.39 is 22.4 Å². The van der Waals surface area contributed by atoms with Crippen molar-refractivity contribution >= 4 is 5.69 Å². The predicted molar refractivity (Wildman–Crippen MR) is 56.7 cm³/mol. The van der Waals surface area contributed by atoms with Crippen molar-refractivity contribution in [2.24, 2.45) is 0 Å². The highest BCUT2D eigenvalue weighted by Gasteiger charge is 2.38. The maximum atomic E-state index is 12.5. The molecule has 1 aromatic carbocycles. The Morgan fingerprint density at radius 2 is 2.06 bits per heavy atom. The number of benzene rings is 1. The van der Waals surface area contributed by atoms with Gasteiger partial charge in [0.25, 0.3) is 5.69 Å². The highest BCUT2D eigenvalue weighted by atomic mass is 19.4. The molecule has 1 aromatic rings. The van der Waals surface area contributed by atoms with E-state index in [1.807, 2.05) is 0 Å². The van der Waals surface area contributed by atoms with Crippen LogP contribution in [-0.4, -0.2) is 16.6 Å². The van der Waals surface area contributed by atoms with Crippen molar-refractivity contribution in [3.8, 4) is 11.8 Å². The fraction of sp³-hybridized carbons (Fsp3) is 0.273.